The Morgan fingerprint density at radius 2 is 2.15 bits per heavy atom. The lowest BCUT2D eigenvalue weighted by molar-refractivity contribution is -0.117. The van der Waals surface area contributed by atoms with Crippen molar-refractivity contribution in [3.05, 3.63) is 23.4 Å². The Labute approximate surface area is 119 Å². The topological polar surface area (TPSA) is 111 Å². The third-order valence-electron chi connectivity index (χ3n) is 3.08. The van der Waals surface area contributed by atoms with Crippen molar-refractivity contribution in [1.29, 1.82) is 0 Å². The molecule has 0 saturated carbocycles. The fraction of sp³-hybridized carbons (Fsp3) is 0.300. The van der Waals surface area contributed by atoms with E-state index in [1.165, 1.54) is 9.42 Å². The second-order valence-electron chi connectivity index (χ2n) is 4.48. The second-order valence-corrected chi connectivity index (χ2v) is 6.76. The summed E-state index contributed by atoms with van der Waals surface area (Å²) in [5, 5.41) is 8.73. The smallest absolute Gasteiger partial charge is 0.252 e. The van der Waals surface area contributed by atoms with E-state index in [1.54, 1.807) is 18.3 Å². The number of halogens is 1. The van der Waals surface area contributed by atoms with Gasteiger partial charge >= 0.3 is 0 Å². The van der Waals surface area contributed by atoms with Crippen LogP contribution in [0.3, 0.4) is 0 Å². The molecule has 1 atom stereocenters. The average molecular weight is 316 g/mol. The number of hydrogen-bond donors (Lipinski definition) is 1. The second kappa shape index (κ2) is 4.40. The molecule has 0 spiro atoms. The number of pyridine rings is 1. The maximum atomic E-state index is 11.9. The molecule has 0 bridgehead atoms. The lowest BCUT2D eigenvalue weighted by atomic mass is 10.4. The number of nitrogens with two attached hydrogens (primary N) is 1. The van der Waals surface area contributed by atoms with E-state index in [0.29, 0.717) is 10.7 Å². The summed E-state index contributed by atoms with van der Waals surface area (Å²) in [6, 6.07) is 3.30. The van der Waals surface area contributed by atoms with Gasteiger partial charge in [-0.15, -0.1) is 5.10 Å². The quantitative estimate of drug-likeness (QED) is 0.823. The highest BCUT2D eigenvalue weighted by molar-refractivity contribution is 7.89. The number of carbonyl (C=O) groups is 1. The number of primary sulfonamides is 1. The van der Waals surface area contributed by atoms with Crippen LogP contribution in [-0.2, 0) is 14.8 Å². The summed E-state index contributed by atoms with van der Waals surface area (Å²) in [5.41, 5.74) is 0.510. The molecule has 1 amide bonds. The van der Waals surface area contributed by atoms with Crippen LogP contribution >= 0.6 is 11.6 Å². The van der Waals surface area contributed by atoms with Gasteiger partial charge in [0.1, 0.15) is 5.25 Å². The fourth-order valence-electron chi connectivity index (χ4n) is 2.05. The maximum absolute atomic E-state index is 11.9. The van der Waals surface area contributed by atoms with Gasteiger partial charge in [0.05, 0.1) is 5.02 Å². The van der Waals surface area contributed by atoms with Crippen molar-refractivity contribution in [3.8, 4) is 0 Å². The molecular formula is C10H10ClN5O3S. The molecule has 0 aromatic carbocycles. The first-order chi connectivity index (χ1) is 9.34. The minimum Gasteiger partial charge on any atom is -0.278 e. The van der Waals surface area contributed by atoms with Gasteiger partial charge in [0.15, 0.2) is 5.65 Å². The number of carbonyl (C=O) groups excluding carboxylic acids is 1. The molecule has 106 valence electrons. The number of amides is 1. The van der Waals surface area contributed by atoms with Crippen molar-refractivity contribution in [1.82, 2.24) is 14.6 Å². The largest absolute Gasteiger partial charge is 0.278 e. The number of fused-ring (bicyclic) bond motifs is 1. The number of rotatable bonds is 2. The molecule has 1 aliphatic heterocycles. The zero-order chi connectivity index (χ0) is 14.5. The Hall–Kier alpha value is -1.71. The normalized spacial score (nSPS) is 20.0. The van der Waals surface area contributed by atoms with Gasteiger partial charge in [-0.3, -0.25) is 9.69 Å². The van der Waals surface area contributed by atoms with Crippen molar-refractivity contribution in [2.75, 3.05) is 11.4 Å². The SMILES string of the molecule is NS(=O)(=O)C1CC(=O)N(c2nc3ccc(Cl)cn3n2)C1. The molecule has 1 unspecified atom stereocenters. The van der Waals surface area contributed by atoms with Crippen molar-refractivity contribution in [2.24, 2.45) is 5.14 Å². The zero-order valence-electron chi connectivity index (χ0n) is 10.1. The number of hydrogen-bond acceptors (Lipinski definition) is 5. The van der Waals surface area contributed by atoms with Gasteiger partial charge in [-0.05, 0) is 12.1 Å². The van der Waals surface area contributed by atoms with Crippen LogP contribution in [-0.4, -0.2) is 40.7 Å². The van der Waals surface area contributed by atoms with E-state index >= 15 is 0 Å². The van der Waals surface area contributed by atoms with Gasteiger partial charge in [-0.1, -0.05) is 11.6 Å². The summed E-state index contributed by atoms with van der Waals surface area (Å²) in [5.74, 6) is -0.227. The Morgan fingerprint density at radius 3 is 2.80 bits per heavy atom. The van der Waals surface area contributed by atoms with Gasteiger partial charge in [-0.25, -0.2) is 18.1 Å². The molecule has 20 heavy (non-hydrogen) atoms. The first-order valence-corrected chi connectivity index (χ1v) is 7.67. The molecule has 0 aliphatic carbocycles. The summed E-state index contributed by atoms with van der Waals surface area (Å²) in [7, 11) is -3.76. The van der Waals surface area contributed by atoms with Crippen molar-refractivity contribution in [3.63, 3.8) is 0 Å². The van der Waals surface area contributed by atoms with E-state index in [9.17, 15) is 13.2 Å². The van der Waals surface area contributed by atoms with E-state index in [2.05, 4.69) is 10.1 Å². The van der Waals surface area contributed by atoms with Gasteiger partial charge in [0, 0.05) is 19.2 Å². The van der Waals surface area contributed by atoms with Gasteiger partial charge in [0.2, 0.25) is 15.9 Å². The third-order valence-corrected chi connectivity index (χ3v) is 4.55. The van der Waals surface area contributed by atoms with Crippen LogP contribution in [0.25, 0.3) is 5.65 Å². The van der Waals surface area contributed by atoms with E-state index in [4.69, 9.17) is 16.7 Å². The molecule has 1 saturated heterocycles. The maximum Gasteiger partial charge on any atom is 0.252 e. The zero-order valence-corrected chi connectivity index (χ0v) is 11.7. The highest BCUT2D eigenvalue weighted by Gasteiger charge is 2.38. The fourth-order valence-corrected chi connectivity index (χ4v) is 2.94. The predicted octanol–water partition coefficient (Wildman–Crippen LogP) is -0.223. The molecule has 1 aliphatic rings. The first kappa shape index (κ1) is 13.3. The summed E-state index contributed by atoms with van der Waals surface area (Å²) in [6.45, 7) is -0.0394. The predicted molar refractivity (Wildman–Crippen MR) is 71.9 cm³/mol. The van der Waals surface area contributed by atoms with Crippen LogP contribution in [0.2, 0.25) is 5.02 Å². The Bertz CT molecular complexity index is 802. The average Bonchev–Trinajstić information content (AvgIpc) is 2.90. The standard InChI is InChI=1S/C10H10ClN5O3S/c11-6-1-2-8-13-10(14-16(8)4-6)15-5-7(3-9(15)17)20(12,18)19/h1-2,4,7H,3,5H2,(H2,12,18,19). The number of anilines is 1. The summed E-state index contributed by atoms with van der Waals surface area (Å²) >= 11 is 5.83. The van der Waals surface area contributed by atoms with Crippen LogP contribution in [0.4, 0.5) is 5.95 Å². The van der Waals surface area contributed by atoms with Crippen molar-refractivity contribution in [2.45, 2.75) is 11.7 Å². The summed E-state index contributed by atoms with van der Waals surface area (Å²) in [4.78, 5) is 17.2. The van der Waals surface area contributed by atoms with Crippen LogP contribution in [0.1, 0.15) is 6.42 Å². The van der Waals surface area contributed by atoms with Gasteiger partial charge < -0.3 is 0 Å². The van der Waals surface area contributed by atoms with E-state index in [-0.39, 0.29) is 24.8 Å². The Balaban J connectivity index is 1.97. The summed E-state index contributed by atoms with van der Waals surface area (Å²) < 4.78 is 24.0. The van der Waals surface area contributed by atoms with E-state index < -0.39 is 15.3 Å². The summed E-state index contributed by atoms with van der Waals surface area (Å²) in [6.07, 6.45) is 1.39. The third kappa shape index (κ3) is 2.23. The minimum absolute atomic E-state index is 0.0394. The molecule has 10 heteroatoms. The molecule has 3 heterocycles. The molecule has 3 rings (SSSR count). The molecule has 2 aromatic heterocycles. The van der Waals surface area contributed by atoms with E-state index in [1.807, 2.05) is 0 Å². The van der Waals surface area contributed by atoms with E-state index in [0.717, 1.165) is 0 Å². The molecular weight excluding hydrogens is 306 g/mol. The Morgan fingerprint density at radius 1 is 1.40 bits per heavy atom. The van der Waals surface area contributed by atoms with Crippen LogP contribution in [0.15, 0.2) is 18.3 Å². The molecule has 1 fully saturated rings. The highest BCUT2D eigenvalue weighted by Crippen LogP contribution is 2.22. The van der Waals surface area contributed by atoms with Crippen LogP contribution in [0.5, 0.6) is 0 Å². The minimum atomic E-state index is -3.76. The first-order valence-electron chi connectivity index (χ1n) is 5.68. The van der Waals surface area contributed by atoms with Crippen molar-refractivity contribution >= 4 is 39.1 Å². The highest BCUT2D eigenvalue weighted by atomic mass is 35.5. The van der Waals surface area contributed by atoms with Crippen LogP contribution < -0.4 is 10.0 Å². The molecule has 8 nitrogen and oxygen atoms in total. The van der Waals surface area contributed by atoms with Gasteiger partial charge in [-0.2, -0.15) is 4.98 Å². The molecule has 0 radical (unpaired) electrons. The lowest BCUT2D eigenvalue weighted by Gasteiger charge is -2.10. The Kier molecular flexibility index (Phi) is 2.92. The molecule has 2 N–H and O–H groups in total. The molecule has 2 aromatic rings. The van der Waals surface area contributed by atoms with Crippen molar-refractivity contribution < 1.29 is 13.2 Å². The van der Waals surface area contributed by atoms with Crippen LogP contribution in [0, 0.1) is 0 Å². The van der Waals surface area contributed by atoms with Gasteiger partial charge in [0.25, 0.3) is 5.95 Å². The number of nitrogens with zero attached hydrogens (tertiary/aromatic N) is 4. The number of sulfonamides is 1. The lowest BCUT2D eigenvalue weighted by Crippen LogP contribution is -2.32. The number of aromatic nitrogens is 3. The monoisotopic (exact) mass is 315 g/mol.